The summed E-state index contributed by atoms with van der Waals surface area (Å²) in [4.78, 5) is 0. The summed E-state index contributed by atoms with van der Waals surface area (Å²) in [6.45, 7) is 9.94. The molecule has 0 aromatic carbocycles. The molecule has 0 aliphatic rings. The van der Waals surface area contributed by atoms with E-state index in [2.05, 4.69) is 19.2 Å². The largest absolute Gasteiger partial charge is 0.395 e. The molecule has 3 nitrogen and oxygen atoms in total. The van der Waals surface area contributed by atoms with Gasteiger partial charge in [0.1, 0.15) is 0 Å². The van der Waals surface area contributed by atoms with Crippen molar-refractivity contribution < 1.29 is 9.84 Å². The first-order valence-electron chi connectivity index (χ1n) is 5.03. The molecule has 0 heterocycles. The topological polar surface area (TPSA) is 41.5 Å². The van der Waals surface area contributed by atoms with Crippen molar-refractivity contribution in [3.8, 4) is 0 Å². The second-order valence-electron chi connectivity index (χ2n) is 3.91. The van der Waals surface area contributed by atoms with Gasteiger partial charge in [-0.1, -0.05) is 13.8 Å². The van der Waals surface area contributed by atoms with Gasteiger partial charge in [0.2, 0.25) is 0 Å². The third-order valence-corrected chi connectivity index (χ3v) is 1.96. The van der Waals surface area contributed by atoms with E-state index in [1.54, 1.807) is 0 Å². The normalized spacial score (nSPS) is 14.1. The van der Waals surface area contributed by atoms with Crippen LogP contribution in [0.4, 0.5) is 0 Å². The van der Waals surface area contributed by atoms with E-state index < -0.39 is 0 Å². The van der Waals surface area contributed by atoms with Gasteiger partial charge in [-0.15, -0.1) is 0 Å². The van der Waals surface area contributed by atoms with E-state index in [4.69, 9.17) is 9.84 Å². The van der Waals surface area contributed by atoms with Crippen LogP contribution >= 0.6 is 0 Å². The van der Waals surface area contributed by atoms with Gasteiger partial charge < -0.3 is 15.2 Å². The summed E-state index contributed by atoms with van der Waals surface area (Å²) in [5.41, 5.74) is 0. The monoisotopic (exact) mass is 189 g/mol. The maximum absolute atomic E-state index is 9.00. The number of rotatable bonds is 7. The minimum absolute atomic E-state index is 0.191. The molecule has 0 aromatic heterocycles. The average Bonchev–Trinajstić information content (AvgIpc) is 2.03. The third-order valence-electron chi connectivity index (χ3n) is 1.96. The predicted octanol–water partition coefficient (Wildman–Crippen LogP) is 1.02. The summed E-state index contributed by atoms with van der Waals surface area (Å²) in [6, 6.07) is 0.191. The van der Waals surface area contributed by atoms with Crippen LogP contribution in [0.2, 0.25) is 0 Å². The first kappa shape index (κ1) is 12.9. The van der Waals surface area contributed by atoms with Crippen LogP contribution in [0.1, 0.15) is 27.7 Å². The molecule has 1 atom stereocenters. The number of ether oxygens (including phenoxy) is 1. The Hall–Kier alpha value is -0.120. The molecule has 2 N–H and O–H groups in total. The Morgan fingerprint density at radius 1 is 1.23 bits per heavy atom. The smallest absolute Gasteiger partial charge is 0.0594 e. The summed E-state index contributed by atoms with van der Waals surface area (Å²) in [5.74, 6) is 0.462. The molecule has 0 radical (unpaired) electrons. The Morgan fingerprint density at radius 3 is 2.23 bits per heavy atom. The molecular weight excluding hydrogens is 166 g/mol. The molecule has 0 amide bonds. The Kier molecular flexibility index (Phi) is 7.23. The average molecular weight is 189 g/mol. The third kappa shape index (κ3) is 6.99. The van der Waals surface area contributed by atoms with Crippen LogP contribution < -0.4 is 5.32 Å². The predicted molar refractivity (Wildman–Crippen MR) is 54.8 cm³/mol. The van der Waals surface area contributed by atoms with Crippen LogP contribution in [0, 0.1) is 5.92 Å². The lowest BCUT2D eigenvalue weighted by Gasteiger charge is -2.20. The van der Waals surface area contributed by atoms with Gasteiger partial charge in [0.05, 0.1) is 19.3 Å². The van der Waals surface area contributed by atoms with Gasteiger partial charge in [-0.05, 0) is 19.8 Å². The van der Waals surface area contributed by atoms with Crippen molar-refractivity contribution in [3.63, 3.8) is 0 Å². The molecule has 0 saturated heterocycles. The van der Waals surface area contributed by atoms with Gasteiger partial charge in [0.15, 0.2) is 0 Å². The molecule has 0 aliphatic carbocycles. The fraction of sp³-hybridized carbons (Fsp3) is 1.00. The molecule has 13 heavy (non-hydrogen) atoms. The molecule has 80 valence electrons. The zero-order chi connectivity index (χ0) is 10.3. The lowest BCUT2D eigenvalue weighted by Crippen LogP contribution is -2.39. The van der Waals surface area contributed by atoms with E-state index in [0.717, 1.165) is 6.54 Å². The van der Waals surface area contributed by atoms with Crippen molar-refractivity contribution in [2.24, 2.45) is 5.92 Å². The molecule has 0 unspecified atom stereocenters. The molecule has 0 bridgehead atoms. The summed E-state index contributed by atoms with van der Waals surface area (Å²) >= 11 is 0. The molecule has 0 aromatic rings. The van der Waals surface area contributed by atoms with Crippen LogP contribution in [-0.2, 0) is 4.74 Å². The zero-order valence-electron chi connectivity index (χ0n) is 9.21. The first-order valence-corrected chi connectivity index (χ1v) is 5.03. The molecule has 0 fully saturated rings. The van der Waals surface area contributed by atoms with E-state index in [9.17, 15) is 0 Å². The van der Waals surface area contributed by atoms with Crippen molar-refractivity contribution in [1.29, 1.82) is 0 Å². The quantitative estimate of drug-likeness (QED) is 0.587. The minimum Gasteiger partial charge on any atom is -0.395 e. The van der Waals surface area contributed by atoms with Gasteiger partial charge in [-0.2, -0.15) is 0 Å². The van der Waals surface area contributed by atoms with E-state index in [-0.39, 0.29) is 18.8 Å². The number of hydrogen-bond donors (Lipinski definition) is 2. The lowest BCUT2D eigenvalue weighted by atomic mass is 10.1. The highest BCUT2D eigenvalue weighted by Crippen LogP contribution is 1.99. The number of hydrogen-bond acceptors (Lipinski definition) is 3. The number of aliphatic hydroxyl groups is 1. The Bertz CT molecular complexity index is 115. The van der Waals surface area contributed by atoms with Crippen LogP contribution in [0.3, 0.4) is 0 Å². The number of aliphatic hydroxyl groups excluding tert-OH is 1. The summed E-state index contributed by atoms with van der Waals surface area (Å²) in [7, 11) is 0. The second kappa shape index (κ2) is 7.30. The van der Waals surface area contributed by atoms with E-state index in [0.29, 0.717) is 12.5 Å². The Labute approximate surface area is 81.5 Å². The van der Waals surface area contributed by atoms with Crippen molar-refractivity contribution in [2.75, 3.05) is 19.8 Å². The van der Waals surface area contributed by atoms with Crippen molar-refractivity contribution in [1.82, 2.24) is 5.32 Å². The van der Waals surface area contributed by atoms with Crippen molar-refractivity contribution in [3.05, 3.63) is 0 Å². The molecule has 3 heteroatoms. The highest BCUT2D eigenvalue weighted by molar-refractivity contribution is 4.68. The zero-order valence-corrected chi connectivity index (χ0v) is 9.21. The Balaban J connectivity index is 3.39. The van der Waals surface area contributed by atoms with Gasteiger partial charge in [-0.25, -0.2) is 0 Å². The fourth-order valence-corrected chi connectivity index (χ4v) is 1.05. The molecular formula is C10H23NO2. The molecule has 0 rings (SSSR count). The maximum Gasteiger partial charge on any atom is 0.0594 e. The van der Waals surface area contributed by atoms with Gasteiger partial charge >= 0.3 is 0 Å². The SMILES string of the molecule is CC(C)OCCN[C@H](CO)C(C)C. The van der Waals surface area contributed by atoms with Crippen molar-refractivity contribution in [2.45, 2.75) is 39.8 Å². The second-order valence-corrected chi connectivity index (χ2v) is 3.91. The molecule has 0 saturated carbocycles. The maximum atomic E-state index is 9.00. The van der Waals surface area contributed by atoms with E-state index >= 15 is 0 Å². The summed E-state index contributed by atoms with van der Waals surface area (Å²) < 4.78 is 5.37. The first-order chi connectivity index (χ1) is 6.07. The molecule has 0 aliphatic heterocycles. The summed E-state index contributed by atoms with van der Waals surface area (Å²) in [6.07, 6.45) is 0.286. The minimum atomic E-state index is 0.191. The Morgan fingerprint density at radius 2 is 1.85 bits per heavy atom. The van der Waals surface area contributed by atoms with Crippen LogP contribution in [0.15, 0.2) is 0 Å². The van der Waals surface area contributed by atoms with E-state index in [1.165, 1.54) is 0 Å². The summed E-state index contributed by atoms with van der Waals surface area (Å²) in [5, 5.41) is 12.3. The van der Waals surface area contributed by atoms with Crippen LogP contribution in [0.5, 0.6) is 0 Å². The highest BCUT2D eigenvalue weighted by atomic mass is 16.5. The van der Waals surface area contributed by atoms with Crippen LogP contribution in [0.25, 0.3) is 0 Å². The van der Waals surface area contributed by atoms with Crippen molar-refractivity contribution >= 4 is 0 Å². The van der Waals surface area contributed by atoms with Gasteiger partial charge in [0.25, 0.3) is 0 Å². The highest BCUT2D eigenvalue weighted by Gasteiger charge is 2.10. The molecule has 0 spiro atoms. The lowest BCUT2D eigenvalue weighted by molar-refractivity contribution is 0.0760. The fourth-order valence-electron chi connectivity index (χ4n) is 1.05. The standard InChI is InChI=1S/C10H23NO2/c1-8(2)10(7-12)11-5-6-13-9(3)4/h8-12H,5-7H2,1-4H3/t10-/m1/s1. The van der Waals surface area contributed by atoms with E-state index in [1.807, 2.05) is 13.8 Å². The number of nitrogens with one attached hydrogen (secondary N) is 1. The van der Waals surface area contributed by atoms with Gasteiger partial charge in [0, 0.05) is 12.6 Å². The van der Waals surface area contributed by atoms with Gasteiger partial charge in [-0.3, -0.25) is 0 Å². The van der Waals surface area contributed by atoms with Crippen LogP contribution in [-0.4, -0.2) is 37.0 Å².